The zero-order valence-electron chi connectivity index (χ0n) is 13.9. The van der Waals surface area contributed by atoms with Crippen LogP contribution in [0.3, 0.4) is 0 Å². The fraction of sp³-hybridized carbons (Fsp3) is 1.00. The second-order valence-electron chi connectivity index (χ2n) is 5.53. The zero-order valence-corrected chi connectivity index (χ0v) is 13.9. The average molecular weight is 285 g/mol. The van der Waals surface area contributed by atoms with Gasteiger partial charge in [-0.15, -0.1) is 0 Å². The van der Waals surface area contributed by atoms with Crippen LogP contribution < -0.4 is 5.32 Å². The van der Waals surface area contributed by atoms with Crippen LogP contribution in [0.5, 0.6) is 0 Å². The largest absolute Gasteiger partial charge is 0.380 e. The van der Waals surface area contributed by atoms with E-state index in [0.29, 0.717) is 0 Å². The topological polar surface area (TPSA) is 27.7 Å². The number of hydrogen-bond donors (Lipinski definition) is 1. The van der Waals surface area contributed by atoms with Crippen molar-refractivity contribution in [1.82, 2.24) is 15.1 Å². The van der Waals surface area contributed by atoms with Gasteiger partial charge in [-0.2, -0.15) is 0 Å². The molecular weight excluding hydrogens is 250 g/mol. The van der Waals surface area contributed by atoms with Gasteiger partial charge in [-0.05, 0) is 38.8 Å². The lowest BCUT2D eigenvalue weighted by atomic mass is 9.96. The molecule has 0 radical (unpaired) electrons. The number of piperidine rings is 1. The minimum atomic E-state index is 0.847. The molecule has 4 heteroatoms. The molecule has 0 saturated carbocycles. The Bertz CT molecular complexity index is 212. The van der Waals surface area contributed by atoms with Crippen molar-refractivity contribution in [1.29, 1.82) is 0 Å². The summed E-state index contributed by atoms with van der Waals surface area (Å²) in [7, 11) is 0. The van der Waals surface area contributed by atoms with Gasteiger partial charge in [-0.3, -0.25) is 0 Å². The van der Waals surface area contributed by atoms with Gasteiger partial charge in [0.15, 0.2) is 0 Å². The molecule has 20 heavy (non-hydrogen) atoms. The Hall–Kier alpha value is -0.160. The molecule has 0 aliphatic carbocycles. The Labute approximate surface area is 125 Å². The van der Waals surface area contributed by atoms with E-state index in [1.165, 1.54) is 58.7 Å². The molecule has 1 N–H and O–H groups in total. The first-order valence-corrected chi connectivity index (χ1v) is 8.61. The monoisotopic (exact) mass is 285 g/mol. The molecule has 0 aromatic rings. The van der Waals surface area contributed by atoms with Crippen LogP contribution in [-0.4, -0.2) is 75.4 Å². The predicted octanol–water partition coefficient (Wildman–Crippen LogP) is 1.67. The van der Waals surface area contributed by atoms with Gasteiger partial charge in [-0.25, -0.2) is 0 Å². The van der Waals surface area contributed by atoms with Crippen molar-refractivity contribution >= 4 is 0 Å². The minimum Gasteiger partial charge on any atom is -0.380 e. The number of piperazine rings is 1. The van der Waals surface area contributed by atoms with Gasteiger partial charge in [0.25, 0.3) is 0 Å². The van der Waals surface area contributed by atoms with E-state index in [-0.39, 0.29) is 0 Å². The van der Waals surface area contributed by atoms with E-state index in [1.807, 2.05) is 13.8 Å². The summed E-state index contributed by atoms with van der Waals surface area (Å²) in [6.07, 6.45) is 2.74. The third-order valence-electron chi connectivity index (χ3n) is 4.19. The maximum absolute atomic E-state index is 5.43. The van der Waals surface area contributed by atoms with E-state index in [4.69, 9.17) is 4.74 Å². The number of nitrogens with zero attached hydrogens (tertiary/aromatic N) is 2. The summed E-state index contributed by atoms with van der Waals surface area (Å²) in [6, 6.07) is 0. The summed E-state index contributed by atoms with van der Waals surface area (Å²) >= 11 is 0. The molecule has 0 amide bonds. The van der Waals surface area contributed by atoms with Crippen molar-refractivity contribution in [2.75, 3.05) is 65.6 Å². The van der Waals surface area contributed by atoms with Crippen molar-refractivity contribution in [3.05, 3.63) is 0 Å². The average Bonchev–Trinajstić information content (AvgIpc) is 2.52. The fourth-order valence-electron chi connectivity index (χ4n) is 2.99. The Morgan fingerprint density at radius 1 is 1.00 bits per heavy atom. The summed E-state index contributed by atoms with van der Waals surface area (Å²) in [6.45, 7) is 17.6. The van der Waals surface area contributed by atoms with Crippen LogP contribution >= 0.6 is 0 Å². The first-order chi connectivity index (χ1) is 9.88. The molecule has 2 fully saturated rings. The first kappa shape index (κ1) is 17.9. The summed E-state index contributed by atoms with van der Waals surface area (Å²) in [5, 5.41) is 3.42. The van der Waals surface area contributed by atoms with E-state index in [1.54, 1.807) is 0 Å². The second-order valence-corrected chi connectivity index (χ2v) is 5.53. The Kier molecular flexibility index (Phi) is 10.3. The molecule has 0 unspecified atom stereocenters. The van der Waals surface area contributed by atoms with Crippen molar-refractivity contribution < 1.29 is 4.74 Å². The summed E-state index contributed by atoms with van der Waals surface area (Å²) in [5.74, 6) is 0.923. The number of likely N-dealkylation sites (tertiary alicyclic amines) is 1. The lowest BCUT2D eigenvalue weighted by Crippen LogP contribution is -2.47. The molecular formula is C16H35N3O. The van der Waals surface area contributed by atoms with Gasteiger partial charge in [0.1, 0.15) is 0 Å². The minimum absolute atomic E-state index is 0.847. The number of hydrogen-bond acceptors (Lipinski definition) is 4. The summed E-state index contributed by atoms with van der Waals surface area (Å²) in [5.41, 5.74) is 0. The van der Waals surface area contributed by atoms with Crippen molar-refractivity contribution in [3.8, 4) is 0 Å². The SMILES string of the molecule is CC.CCOCCN1CCC(CN2CCNCC2)CC1. The molecule has 2 heterocycles. The van der Waals surface area contributed by atoms with Crippen LogP contribution in [0.25, 0.3) is 0 Å². The second kappa shape index (κ2) is 11.5. The fourth-order valence-corrected chi connectivity index (χ4v) is 2.99. The zero-order chi connectivity index (χ0) is 14.6. The third kappa shape index (κ3) is 7.02. The highest BCUT2D eigenvalue weighted by Gasteiger charge is 2.21. The van der Waals surface area contributed by atoms with Gasteiger partial charge in [0.05, 0.1) is 6.61 Å². The van der Waals surface area contributed by atoms with E-state index >= 15 is 0 Å². The van der Waals surface area contributed by atoms with Crippen LogP contribution in [0, 0.1) is 5.92 Å². The molecule has 2 aliphatic rings. The first-order valence-electron chi connectivity index (χ1n) is 8.61. The van der Waals surface area contributed by atoms with Crippen molar-refractivity contribution in [2.24, 2.45) is 5.92 Å². The lowest BCUT2D eigenvalue weighted by Gasteiger charge is -2.36. The molecule has 2 rings (SSSR count). The van der Waals surface area contributed by atoms with E-state index in [2.05, 4.69) is 22.0 Å². The molecule has 0 aromatic heterocycles. The van der Waals surface area contributed by atoms with Crippen LogP contribution in [0.4, 0.5) is 0 Å². The lowest BCUT2D eigenvalue weighted by molar-refractivity contribution is 0.0867. The van der Waals surface area contributed by atoms with E-state index in [9.17, 15) is 0 Å². The van der Waals surface area contributed by atoms with Crippen LogP contribution in [0.1, 0.15) is 33.6 Å². The standard InChI is InChI=1S/C14H29N3O.C2H6/c1-2-18-12-11-16-7-3-14(4-8-16)13-17-9-5-15-6-10-17;1-2/h14-15H,2-13H2,1H3;1-2H3. The Balaban J connectivity index is 0.000000956. The molecule has 0 aromatic carbocycles. The van der Waals surface area contributed by atoms with E-state index in [0.717, 1.165) is 25.7 Å². The summed E-state index contributed by atoms with van der Waals surface area (Å²) in [4.78, 5) is 5.20. The van der Waals surface area contributed by atoms with Gasteiger partial charge < -0.3 is 19.9 Å². The van der Waals surface area contributed by atoms with Gasteiger partial charge in [-0.1, -0.05) is 13.8 Å². The van der Waals surface area contributed by atoms with Gasteiger partial charge >= 0.3 is 0 Å². The smallest absolute Gasteiger partial charge is 0.0593 e. The van der Waals surface area contributed by atoms with Crippen LogP contribution in [0.2, 0.25) is 0 Å². The molecule has 4 nitrogen and oxygen atoms in total. The third-order valence-corrected chi connectivity index (χ3v) is 4.19. The van der Waals surface area contributed by atoms with E-state index < -0.39 is 0 Å². The highest BCUT2D eigenvalue weighted by Crippen LogP contribution is 2.18. The van der Waals surface area contributed by atoms with Crippen LogP contribution in [-0.2, 0) is 4.74 Å². The normalized spacial score (nSPS) is 22.4. The molecule has 0 spiro atoms. The van der Waals surface area contributed by atoms with Gasteiger partial charge in [0.2, 0.25) is 0 Å². The van der Waals surface area contributed by atoms with Crippen LogP contribution in [0.15, 0.2) is 0 Å². The summed E-state index contributed by atoms with van der Waals surface area (Å²) < 4.78 is 5.43. The Morgan fingerprint density at radius 2 is 1.65 bits per heavy atom. The predicted molar refractivity (Wildman–Crippen MR) is 86.3 cm³/mol. The number of rotatable bonds is 6. The Morgan fingerprint density at radius 3 is 2.25 bits per heavy atom. The molecule has 2 saturated heterocycles. The molecule has 2 aliphatic heterocycles. The maximum Gasteiger partial charge on any atom is 0.0593 e. The molecule has 0 atom stereocenters. The maximum atomic E-state index is 5.43. The van der Waals surface area contributed by atoms with Crippen molar-refractivity contribution in [3.63, 3.8) is 0 Å². The number of ether oxygens (including phenoxy) is 1. The number of nitrogens with one attached hydrogen (secondary N) is 1. The molecule has 0 bridgehead atoms. The van der Waals surface area contributed by atoms with Crippen molar-refractivity contribution in [2.45, 2.75) is 33.6 Å². The van der Waals surface area contributed by atoms with Gasteiger partial charge in [0, 0.05) is 45.9 Å². The highest BCUT2D eigenvalue weighted by molar-refractivity contribution is 4.77. The quantitative estimate of drug-likeness (QED) is 0.751. The molecule has 120 valence electrons. The highest BCUT2D eigenvalue weighted by atomic mass is 16.5.